The Labute approximate surface area is 234 Å². The number of hydrogen-bond donors (Lipinski definition) is 2. The van der Waals surface area contributed by atoms with Crippen LogP contribution in [0.15, 0.2) is 64.1 Å². The van der Waals surface area contributed by atoms with E-state index in [1.807, 2.05) is 32.9 Å². The predicted molar refractivity (Wildman–Crippen MR) is 154 cm³/mol. The first-order valence-corrected chi connectivity index (χ1v) is 13.5. The van der Waals surface area contributed by atoms with Crippen molar-refractivity contribution >= 4 is 44.5 Å². The maximum absolute atomic E-state index is 13.9. The molecule has 200 valence electrons. The quantitative estimate of drug-likeness (QED) is 0.359. The zero-order chi connectivity index (χ0) is 27.8. The van der Waals surface area contributed by atoms with Gasteiger partial charge in [0.1, 0.15) is 0 Å². The van der Waals surface area contributed by atoms with Crippen LogP contribution in [0.5, 0.6) is 0 Å². The van der Waals surface area contributed by atoms with Crippen molar-refractivity contribution in [1.29, 1.82) is 0 Å². The van der Waals surface area contributed by atoms with Crippen LogP contribution < -0.4 is 16.2 Å². The Morgan fingerprint density at radius 1 is 1.08 bits per heavy atom. The molecule has 2 N–H and O–H groups in total. The first-order valence-electron chi connectivity index (χ1n) is 12.8. The number of hydrogen-bond acceptors (Lipinski definition) is 6. The third-order valence-electron chi connectivity index (χ3n) is 6.87. The molecule has 0 aliphatic carbocycles. The van der Waals surface area contributed by atoms with Gasteiger partial charge in [0.2, 0.25) is 5.95 Å². The fraction of sp³-hybridized carbons (Fsp3) is 0.276. The number of nitrogens with one attached hydrogen (secondary N) is 2. The SMILES string of the molecule is CNC(=O)c1ccc(-n2c(NC(C)C)nc3c(c2=O)C[C@@H](C)N(C(=O)c2ccc4cncc(Br)c4c2)C3)cc1. The molecule has 4 aromatic rings. The van der Waals surface area contributed by atoms with Crippen molar-refractivity contribution in [2.24, 2.45) is 0 Å². The van der Waals surface area contributed by atoms with Crippen LogP contribution in [0.1, 0.15) is 52.7 Å². The Balaban J connectivity index is 1.53. The number of carbonyl (C=O) groups excluding carboxylic acids is 2. The average Bonchev–Trinajstić information content (AvgIpc) is 2.92. The van der Waals surface area contributed by atoms with Crippen molar-refractivity contribution in [1.82, 2.24) is 24.8 Å². The number of halogens is 1. The maximum atomic E-state index is 13.9. The van der Waals surface area contributed by atoms with Crippen LogP contribution in [0.2, 0.25) is 0 Å². The van der Waals surface area contributed by atoms with Crippen LogP contribution in [0, 0.1) is 0 Å². The molecule has 9 nitrogen and oxygen atoms in total. The minimum absolute atomic E-state index is 0.0112. The zero-order valence-corrected chi connectivity index (χ0v) is 23.7. The summed E-state index contributed by atoms with van der Waals surface area (Å²) in [5, 5.41) is 7.73. The van der Waals surface area contributed by atoms with Crippen LogP contribution in [0.3, 0.4) is 0 Å². The Hall–Kier alpha value is -4.05. The summed E-state index contributed by atoms with van der Waals surface area (Å²) in [5.74, 6) is 0.0745. The average molecular weight is 589 g/mol. The molecule has 3 heterocycles. The first kappa shape index (κ1) is 26.6. The molecule has 0 saturated carbocycles. The predicted octanol–water partition coefficient (Wildman–Crippen LogP) is 4.31. The summed E-state index contributed by atoms with van der Waals surface area (Å²) in [5.41, 5.74) is 2.65. The maximum Gasteiger partial charge on any atom is 0.263 e. The summed E-state index contributed by atoms with van der Waals surface area (Å²) in [7, 11) is 1.57. The number of carbonyl (C=O) groups is 2. The molecule has 0 spiro atoms. The number of pyridine rings is 1. The highest BCUT2D eigenvalue weighted by molar-refractivity contribution is 9.10. The van der Waals surface area contributed by atoms with Crippen molar-refractivity contribution in [3.05, 3.63) is 92.1 Å². The molecule has 1 aliphatic heterocycles. The van der Waals surface area contributed by atoms with Crippen LogP contribution in [0.4, 0.5) is 5.95 Å². The smallest absolute Gasteiger partial charge is 0.263 e. The molecule has 0 fully saturated rings. The lowest BCUT2D eigenvalue weighted by Crippen LogP contribution is -2.46. The van der Waals surface area contributed by atoms with E-state index in [0.717, 1.165) is 15.2 Å². The fourth-order valence-corrected chi connectivity index (χ4v) is 5.32. The van der Waals surface area contributed by atoms with E-state index in [-0.39, 0.29) is 36.0 Å². The van der Waals surface area contributed by atoms with Crippen molar-refractivity contribution in [2.45, 2.75) is 45.8 Å². The van der Waals surface area contributed by atoms with Crippen molar-refractivity contribution in [3.63, 3.8) is 0 Å². The van der Waals surface area contributed by atoms with Gasteiger partial charge in [0.25, 0.3) is 17.4 Å². The largest absolute Gasteiger partial charge is 0.355 e. The molecule has 0 radical (unpaired) electrons. The Morgan fingerprint density at radius 2 is 1.79 bits per heavy atom. The van der Waals surface area contributed by atoms with E-state index in [1.165, 1.54) is 0 Å². The molecule has 0 bridgehead atoms. The van der Waals surface area contributed by atoms with Crippen molar-refractivity contribution < 1.29 is 9.59 Å². The molecule has 39 heavy (non-hydrogen) atoms. The van der Waals surface area contributed by atoms with Crippen LogP contribution in [0.25, 0.3) is 16.5 Å². The minimum atomic E-state index is -0.205. The van der Waals surface area contributed by atoms with E-state index in [9.17, 15) is 14.4 Å². The van der Waals surface area contributed by atoms with E-state index in [2.05, 4.69) is 31.5 Å². The molecule has 2 amide bonds. The van der Waals surface area contributed by atoms with Gasteiger partial charge >= 0.3 is 0 Å². The molecule has 2 aromatic carbocycles. The number of amides is 2. The van der Waals surface area contributed by atoms with E-state index in [4.69, 9.17) is 4.98 Å². The molecule has 0 saturated heterocycles. The van der Waals surface area contributed by atoms with Gasteiger partial charge in [0.05, 0.1) is 17.9 Å². The highest BCUT2D eigenvalue weighted by atomic mass is 79.9. The van der Waals surface area contributed by atoms with Crippen molar-refractivity contribution in [2.75, 3.05) is 12.4 Å². The number of aromatic nitrogens is 3. The number of fused-ring (bicyclic) bond motifs is 2. The Morgan fingerprint density at radius 3 is 2.49 bits per heavy atom. The van der Waals surface area contributed by atoms with E-state index < -0.39 is 0 Å². The van der Waals surface area contributed by atoms with Crippen molar-refractivity contribution in [3.8, 4) is 5.69 Å². The second kappa shape index (κ2) is 10.6. The van der Waals surface area contributed by atoms with Crippen LogP contribution in [-0.4, -0.2) is 50.4 Å². The summed E-state index contributed by atoms with van der Waals surface area (Å²) in [6.07, 6.45) is 3.85. The summed E-state index contributed by atoms with van der Waals surface area (Å²) in [4.78, 5) is 50.3. The van der Waals surface area contributed by atoms with Gasteiger partial charge in [-0.05, 0) is 84.9 Å². The van der Waals surface area contributed by atoms with Gasteiger partial charge in [0, 0.05) is 58.1 Å². The lowest BCUT2D eigenvalue weighted by Gasteiger charge is -2.35. The number of benzene rings is 2. The van der Waals surface area contributed by atoms with Gasteiger partial charge in [-0.2, -0.15) is 0 Å². The summed E-state index contributed by atoms with van der Waals surface area (Å²) in [6.45, 7) is 6.11. The standard InChI is InChI=1S/C29H29BrN6O3/c1-16(2)33-29-34-25-15-35(27(38)19-5-6-20-13-32-14-24(30)22(20)12-19)17(3)11-23(25)28(39)36(29)21-9-7-18(8-10-21)26(37)31-4/h5-10,12-14,16-17H,11,15H2,1-4H3,(H,31,37)(H,33,34)/t17-/m1/s1. The molecule has 5 rings (SSSR count). The second-order valence-corrected chi connectivity index (χ2v) is 10.8. The van der Waals surface area contributed by atoms with E-state index in [0.29, 0.717) is 40.4 Å². The Kier molecular flexibility index (Phi) is 7.22. The highest BCUT2D eigenvalue weighted by Gasteiger charge is 2.32. The van der Waals surface area contributed by atoms with E-state index >= 15 is 0 Å². The van der Waals surface area contributed by atoms with E-state index in [1.54, 1.807) is 59.2 Å². The number of anilines is 1. The van der Waals surface area contributed by atoms with Gasteiger partial charge < -0.3 is 15.5 Å². The highest BCUT2D eigenvalue weighted by Crippen LogP contribution is 2.28. The van der Waals surface area contributed by atoms with Gasteiger partial charge in [-0.25, -0.2) is 9.55 Å². The van der Waals surface area contributed by atoms with Crippen LogP contribution >= 0.6 is 15.9 Å². The number of nitrogens with zero attached hydrogens (tertiary/aromatic N) is 4. The summed E-state index contributed by atoms with van der Waals surface area (Å²) in [6, 6.07) is 12.2. The molecular weight excluding hydrogens is 560 g/mol. The summed E-state index contributed by atoms with van der Waals surface area (Å²) >= 11 is 3.52. The molecule has 1 aliphatic rings. The lowest BCUT2D eigenvalue weighted by atomic mass is 9.98. The fourth-order valence-electron chi connectivity index (χ4n) is 4.86. The molecule has 10 heteroatoms. The molecule has 0 unspecified atom stereocenters. The van der Waals surface area contributed by atoms with Gasteiger partial charge in [-0.15, -0.1) is 0 Å². The lowest BCUT2D eigenvalue weighted by molar-refractivity contribution is 0.0653. The monoisotopic (exact) mass is 588 g/mol. The number of rotatable bonds is 5. The normalized spacial score (nSPS) is 14.8. The third kappa shape index (κ3) is 5.04. The molecular formula is C29H29BrN6O3. The second-order valence-electron chi connectivity index (χ2n) is 9.97. The zero-order valence-electron chi connectivity index (χ0n) is 22.2. The van der Waals surface area contributed by atoms with Gasteiger partial charge in [-0.1, -0.05) is 6.07 Å². The topological polar surface area (TPSA) is 109 Å². The molecule has 1 atom stereocenters. The Bertz CT molecular complexity index is 1650. The molecule has 2 aromatic heterocycles. The van der Waals surface area contributed by atoms with Gasteiger partial charge in [0.15, 0.2) is 0 Å². The van der Waals surface area contributed by atoms with Crippen LogP contribution in [-0.2, 0) is 13.0 Å². The summed E-state index contributed by atoms with van der Waals surface area (Å²) < 4.78 is 2.37. The third-order valence-corrected chi connectivity index (χ3v) is 7.50. The first-order chi connectivity index (χ1) is 18.7. The minimum Gasteiger partial charge on any atom is -0.355 e. The van der Waals surface area contributed by atoms with Gasteiger partial charge in [-0.3, -0.25) is 19.4 Å².